The number of benzene rings is 2. The maximum Gasteiger partial charge on any atom is 0.322 e. The summed E-state index contributed by atoms with van der Waals surface area (Å²) in [7, 11) is -4.45. The van der Waals surface area contributed by atoms with Gasteiger partial charge in [0.15, 0.2) is 0 Å². The molecule has 3 rings (SSSR count). The van der Waals surface area contributed by atoms with Gasteiger partial charge >= 0.3 is 5.97 Å². The Morgan fingerprint density at radius 2 is 2.00 bits per heavy atom. The molecule has 2 aromatic rings. The molecule has 1 aliphatic rings. The van der Waals surface area contributed by atoms with Crippen molar-refractivity contribution in [1.29, 1.82) is 0 Å². The van der Waals surface area contributed by atoms with Crippen molar-refractivity contribution >= 4 is 33.3 Å². The first-order chi connectivity index (χ1) is 14.7. The van der Waals surface area contributed by atoms with Crippen LogP contribution in [-0.4, -0.2) is 43.5 Å². The minimum atomic E-state index is -4.45. The summed E-state index contributed by atoms with van der Waals surface area (Å²) in [6, 6.07) is 4.61. The maximum atomic E-state index is 14.7. The average molecular weight is 444 g/mol. The number of hydrogen-bond acceptors (Lipinski definition) is 4. The third-order valence-corrected chi connectivity index (χ3v) is 7.40. The van der Waals surface area contributed by atoms with E-state index in [0.717, 1.165) is 11.0 Å². The largest absolute Gasteiger partial charge is 0.480 e. The van der Waals surface area contributed by atoms with Gasteiger partial charge in [-0.25, -0.2) is 12.8 Å². The van der Waals surface area contributed by atoms with Crippen LogP contribution in [0.25, 0.3) is 0 Å². The topological polar surface area (TPSA) is 77.9 Å². The Kier molecular flexibility index (Phi) is 4.63. The van der Waals surface area contributed by atoms with E-state index >= 15 is 0 Å². The van der Waals surface area contributed by atoms with Crippen LogP contribution in [0.5, 0.6) is 0 Å². The van der Waals surface area contributed by atoms with Crippen molar-refractivity contribution in [3.05, 3.63) is 57.9 Å². The van der Waals surface area contributed by atoms with E-state index in [1.54, 1.807) is 19.9 Å². The molecule has 0 bridgehead atoms. The van der Waals surface area contributed by atoms with Crippen LogP contribution < -0.4 is 4.90 Å². The second kappa shape index (κ2) is 7.59. The number of aliphatic carboxylic acids is 1. The molecule has 0 aromatic heterocycles. The zero-order chi connectivity index (χ0) is 24.2. The molecule has 156 valence electrons. The second-order valence-corrected chi connectivity index (χ2v) is 9.34. The molecule has 1 heterocycles. The van der Waals surface area contributed by atoms with Gasteiger partial charge in [0.2, 0.25) is 10.0 Å². The zero-order valence-corrected chi connectivity index (χ0v) is 17.6. The van der Waals surface area contributed by atoms with Gasteiger partial charge in [-0.3, -0.25) is 4.79 Å². The van der Waals surface area contributed by atoms with Gasteiger partial charge in [0.25, 0.3) is 0 Å². The number of halogens is 2. The molecule has 2 aromatic carbocycles. The van der Waals surface area contributed by atoms with Crippen LogP contribution in [0.1, 0.15) is 33.6 Å². The molecular weight excluding hydrogens is 419 g/mol. The van der Waals surface area contributed by atoms with Gasteiger partial charge in [0.1, 0.15) is 16.8 Å². The Bertz CT molecular complexity index is 1190. The summed E-state index contributed by atoms with van der Waals surface area (Å²) in [5, 5.41) is 10.1. The highest BCUT2D eigenvalue weighted by Crippen LogP contribution is 2.39. The monoisotopic (exact) mass is 443 g/mol. The van der Waals surface area contributed by atoms with Gasteiger partial charge in [-0.15, -0.1) is 0 Å². The van der Waals surface area contributed by atoms with E-state index < -0.39 is 47.4 Å². The fraction of sp³-hybridized carbons (Fsp3) is 0.350. The minimum Gasteiger partial charge on any atom is -0.480 e. The number of rotatable bonds is 4. The molecule has 2 atom stereocenters. The van der Waals surface area contributed by atoms with E-state index in [4.69, 9.17) is 15.7 Å². The third-order valence-electron chi connectivity index (χ3n) is 5.30. The van der Waals surface area contributed by atoms with Crippen molar-refractivity contribution in [1.82, 2.24) is 4.31 Å². The highest BCUT2D eigenvalue weighted by Gasteiger charge is 2.45. The van der Waals surface area contributed by atoms with Crippen LogP contribution in [0.4, 0.5) is 10.1 Å². The maximum absolute atomic E-state index is 14.7. The van der Waals surface area contributed by atoms with Crippen molar-refractivity contribution in [2.75, 3.05) is 18.5 Å². The van der Waals surface area contributed by atoms with E-state index in [1.165, 1.54) is 25.1 Å². The van der Waals surface area contributed by atoms with Crippen molar-refractivity contribution in [2.45, 2.75) is 37.6 Å². The highest BCUT2D eigenvalue weighted by atomic mass is 35.5. The molecule has 1 N–H and O–H groups in total. The van der Waals surface area contributed by atoms with Gasteiger partial charge in [0, 0.05) is 22.0 Å². The third kappa shape index (κ3) is 3.60. The van der Waals surface area contributed by atoms with Crippen LogP contribution in [-0.2, 0) is 14.8 Å². The minimum absolute atomic E-state index is 0.0648. The van der Waals surface area contributed by atoms with Crippen molar-refractivity contribution < 1.29 is 26.8 Å². The van der Waals surface area contributed by atoms with Crippen LogP contribution in [0.15, 0.2) is 35.2 Å². The second-order valence-electron chi connectivity index (χ2n) is 7.05. The summed E-state index contributed by atoms with van der Waals surface area (Å²) >= 11 is 5.96. The SMILES string of the molecule is [2H]C([2H])([2H])N1CN([C@H](C(=O)O)C(C)c2c(F)ccc(C)c2C)S(=O)(=O)c2ccc(Cl)cc21. The number of anilines is 1. The van der Waals surface area contributed by atoms with Crippen LogP contribution in [0.3, 0.4) is 0 Å². The van der Waals surface area contributed by atoms with E-state index in [1.807, 2.05) is 0 Å². The summed E-state index contributed by atoms with van der Waals surface area (Å²) in [4.78, 5) is 12.7. The van der Waals surface area contributed by atoms with Gasteiger partial charge in [-0.05, 0) is 54.8 Å². The zero-order valence-electron chi connectivity index (χ0n) is 19.0. The standard InChI is InChI=1S/C20H22ClFN2O4S/c1-11-5-7-15(22)18(12(11)2)13(3)19(20(25)26)24-10-23(4)16-9-14(21)6-8-17(16)29(24,27)28/h5-9,13,19H,10H2,1-4H3,(H,25,26)/t13?,19-/m0/s1/i4D3. The lowest BCUT2D eigenvalue weighted by atomic mass is 9.87. The number of sulfonamides is 1. The Balaban J connectivity index is 2.22. The normalized spacial score (nSPS) is 20.2. The lowest BCUT2D eigenvalue weighted by Gasteiger charge is -2.40. The molecular formula is C20H22ClFN2O4S. The number of hydrogen-bond donors (Lipinski definition) is 1. The van der Waals surface area contributed by atoms with Crippen molar-refractivity contribution in [3.8, 4) is 0 Å². The first kappa shape index (κ1) is 17.7. The van der Waals surface area contributed by atoms with E-state index in [0.29, 0.717) is 15.4 Å². The molecule has 0 aliphatic carbocycles. The summed E-state index contributed by atoms with van der Waals surface area (Å²) in [5.41, 5.74) is 1.12. The fourth-order valence-electron chi connectivity index (χ4n) is 3.68. The number of nitrogens with zero attached hydrogens (tertiary/aromatic N) is 2. The smallest absolute Gasteiger partial charge is 0.322 e. The Hall–Kier alpha value is -2.16. The Morgan fingerprint density at radius 3 is 2.62 bits per heavy atom. The van der Waals surface area contributed by atoms with E-state index in [-0.39, 0.29) is 21.2 Å². The first-order valence-electron chi connectivity index (χ1n) is 10.3. The highest BCUT2D eigenvalue weighted by molar-refractivity contribution is 7.89. The molecule has 1 unspecified atom stereocenters. The number of aryl methyl sites for hydroxylation is 1. The van der Waals surface area contributed by atoms with Gasteiger partial charge < -0.3 is 10.0 Å². The first-order valence-corrected chi connectivity index (χ1v) is 10.6. The quantitative estimate of drug-likeness (QED) is 0.778. The van der Waals surface area contributed by atoms with Gasteiger partial charge in [0.05, 0.1) is 12.4 Å². The molecule has 0 fully saturated rings. The molecule has 29 heavy (non-hydrogen) atoms. The molecule has 0 amide bonds. The number of carboxylic acid groups (broad SMARTS) is 1. The molecule has 0 saturated heterocycles. The van der Waals surface area contributed by atoms with Crippen LogP contribution >= 0.6 is 11.6 Å². The number of carbonyl (C=O) groups is 1. The summed E-state index contributed by atoms with van der Waals surface area (Å²) in [5.74, 6) is -3.31. The predicted octanol–water partition coefficient (Wildman–Crippen LogP) is 3.75. The van der Waals surface area contributed by atoms with Crippen LogP contribution in [0.2, 0.25) is 5.02 Å². The molecule has 9 heteroatoms. The molecule has 1 aliphatic heterocycles. The Labute approximate surface area is 178 Å². The predicted molar refractivity (Wildman–Crippen MR) is 109 cm³/mol. The summed E-state index contributed by atoms with van der Waals surface area (Å²) < 4.78 is 65.7. The Morgan fingerprint density at radius 1 is 1.31 bits per heavy atom. The molecule has 0 radical (unpaired) electrons. The lowest BCUT2D eigenvalue weighted by Crippen LogP contribution is -2.54. The molecule has 6 nitrogen and oxygen atoms in total. The van der Waals surface area contributed by atoms with E-state index in [2.05, 4.69) is 0 Å². The lowest BCUT2D eigenvalue weighted by molar-refractivity contribution is -0.142. The average Bonchev–Trinajstić information content (AvgIpc) is 2.65. The summed E-state index contributed by atoms with van der Waals surface area (Å²) in [6.07, 6.45) is 0. The fourth-order valence-corrected chi connectivity index (χ4v) is 5.61. The van der Waals surface area contributed by atoms with Crippen LogP contribution in [0, 0.1) is 19.7 Å². The molecule has 0 saturated carbocycles. The van der Waals surface area contributed by atoms with Gasteiger partial charge in [-0.1, -0.05) is 24.6 Å². The number of fused-ring (bicyclic) bond motifs is 1. The molecule has 0 spiro atoms. The van der Waals surface area contributed by atoms with Crippen molar-refractivity contribution in [2.24, 2.45) is 0 Å². The van der Waals surface area contributed by atoms with Gasteiger partial charge in [-0.2, -0.15) is 4.31 Å². The van der Waals surface area contributed by atoms with E-state index in [9.17, 15) is 22.7 Å². The van der Waals surface area contributed by atoms with Crippen molar-refractivity contribution in [3.63, 3.8) is 0 Å². The number of carboxylic acids is 1. The summed E-state index contributed by atoms with van der Waals surface area (Å²) in [6.45, 7) is 1.22.